The van der Waals surface area contributed by atoms with E-state index in [1.54, 1.807) is 0 Å². The number of likely N-dealkylation sites (tertiary alicyclic amines) is 1. The van der Waals surface area contributed by atoms with Crippen molar-refractivity contribution in [2.45, 2.75) is 31.0 Å². The second kappa shape index (κ2) is 11.4. The summed E-state index contributed by atoms with van der Waals surface area (Å²) in [4.78, 5) is 15.0. The van der Waals surface area contributed by atoms with Crippen molar-refractivity contribution in [1.82, 2.24) is 19.7 Å². The van der Waals surface area contributed by atoms with E-state index >= 15 is 0 Å². The number of nitrogens with zero attached hydrogens (tertiary/aromatic N) is 4. The molecule has 0 unspecified atom stereocenters. The Morgan fingerprint density at radius 3 is 2.06 bits per heavy atom. The number of piperidine rings is 1. The molecule has 5 rings (SSSR count). The first-order chi connectivity index (χ1) is 17.3. The number of rotatable bonds is 8. The lowest BCUT2D eigenvalue weighted by Gasteiger charge is -2.32. The summed E-state index contributed by atoms with van der Waals surface area (Å²) < 4.78 is 2.12. The summed E-state index contributed by atoms with van der Waals surface area (Å²) in [5, 5.41) is 9.74. The third kappa shape index (κ3) is 6.01. The Morgan fingerprint density at radius 1 is 0.800 bits per heavy atom. The third-order valence-corrected chi connectivity index (χ3v) is 7.54. The van der Waals surface area contributed by atoms with Crippen molar-refractivity contribution in [1.29, 1.82) is 0 Å². The standard InChI is InChI=1S/C29H30N4OS/c34-27(32-18-16-24(17-19-32)20-23-10-4-1-5-11-23)22-35-29-31-30-28(26-14-8-3-9-15-26)33(29)21-25-12-6-2-7-13-25/h1-15,24H,16-22H2. The first-order valence-corrected chi connectivity index (χ1v) is 13.2. The van der Waals surface area contributed by atoms with Gasteiger partial charge in [-0.1, -0.05) is 103 Å². The quantitative estimate of drug-likeness (QED) is 0.308. The molecular formula is C29H30N4OS. The van der Waals surface area contributed by atoms with Crippen LogP contribution in [0.4, 0.5) is 0 Å². The fraction of sp³-hybridized carbons (Fsp3) is 0.276. The van der Waals surface area contributed by atoms with E-state index in [9.17, 15) is 4.79 Å². The molecule has 0 aliphatic carbocycles. The summed E-state index contributed by atoms with van der Waals surface area (Å²) in [6.07, 6.45) is 3.23. The third-order valence-electron chi connectivity index (χ3n) is 6.59. The fourth-order valence-corrected chi connectivity index (χ4v) is 5.50. The minimum absolute atomic E-state index is 0.184. The Balaban J connectivity index is 1.22. The minimum atomic E-state index is 0.184. The van der Waals surface area contributed by atoms with Crippen molar-refractivity contribution < 1.29 is 4.79 Å². The van der Waals surface area contributed by atoms with Gasteiger partial charge in [0.1, 0.15) is 0 Å². The molecule has 0 radical (unpaired) electrons. The van der Waals surface area contributed by atoms with Crippen molar-refractivity contribution in [2.75, 3.05) is 18.8 Å². The van der Waals surface area contributed by atoms with E-state index in [-0.39, 0.29) is 5.91 Å². The highest BCUT2D eigenvalue weighted by atomic mass is 32.2. The van der Waals surface area contributed by atoms with Gasteiger partial charge in [-0.3, -0.25) is 9.36 Å². The maximum Gasteiger partial charge on any atom is 0.233 e. The van der Waals surface area contributed by atoms with Crippen LogP contribution in [0.2, 0.25) is 0 Å². The lowest BCUT2D eigenvalue weighted by atomic mass is 9.90. The zero-order valence-electron chi connectivity index (χ0n) is 19.8. The summed E-state index contributed by atoms with van der Waals surface area (Å²) in [6.45, 7) is 2.34. The molecule has 0 spiro atoms. The van der Waals surface area contributed by atoms with E-state index in [1.165, 1.54) is 22.9 Å². The van der Waals surface area contributed by atoms with Gasteiger partial charge in [0.15, 0.2) is 11.0 Å². The van der Waals surface area contributed by atoms with Gasteiger partial charge in [0.25, 0.3) is 0 Å². The Hall–Kier alpha value is -3.38. The number of benzene rings is 3. The second-order valence-electron chi connectivity index (χ2n) is 9.05. The number of thioether (sulfide) groups is 1. The number of carbonyl (C=O) groups is 1. The average molecular weight is 483 g/mol. The number of amides is 1. The van der Waals surface area contributed by atoms with Crippen LogP contribution in [0.1, 0.15) is 24.0 Å². The first-order valence-electron chi connectivity index (χ1n) is 12.2. The summed E-state index contributed by atoms with van der Waals surface area (Å²) in [5.41, 5.74) is 3.59. The average Bonchev–Trinajstić information content (AvgIpc) is 3.31. The van der Waals surface area contributed by atoms with E-state index in [2.05, 4.69) is 57.2 Å². The molecule has 1 saturated heterocycles. The zero-order valence-corrected chi connectivity index (χ0v) is 20.6. The molecule has 0 N–H and O–H groups in total. The van der Waals surface area contributed by atoms with Crippen molar-refractivity contribution in [2.24, 2.45) is 5.92 Å². The maximum atomic E-state index is 13.0. The molecule has 4 aromatic rings. The molecule has 1 aromatic heterocycles. The Morgan fingerprint density at radius 2 is 1.40 bits per heavy atom. The molecule has 3 aromatic carbocycles. The lowest BCUT2D eigenvalue weighted by molar-refractivity contribution is -0.129. The molecule has 0 bridgehead atoms. The molecule has 1 aliphatic heterocycles. The Labute approximate surface area is 211 Å². The smallest absolute Gasteiger partial charge is 0.233 e. The van der Waals surface area contributed by atoms with Gasteiger partial charge in [0.05, 0.1) is 12.3 Å². The van der Waals surface area contributed by atoms with Gasteiger partial charge in [-0.25, -0.2) is 0 Å². The number of carbonyl (C=O) groups excluding carboxylic acids is 1. The summed E-state index contributed by atoms with van der Waals surface area (Å²) >= 11 is 1.49. The van der Waals surface area contributed by atoms with Crippen LogP contribution >= 0.6 is 11.8 Å². The number of aromatic nitrogens is 3. The molecule has 6 heteroatoms. The van der Waals surface area contributed by atoms with Gasteiger partial charge in [0.2, 0.25) is 5.91 Å². The van der Waals surface area contributed by atoms with Gasteiger partial charge < -0.3 is 4.90 Å². The number of hydrogen-bond donors (Lipinski definition) is 0. The van der Waals surface area contributed by atoms with Crippen LogP contribution in [0.25, 0.3) is 11.4 Å². The van der Waals surface area contributed by atoms with Crippen LogP contribution in [0.15, 0.2) is 96.2 Å². The molecule has 0 saturated carbocycles. The second-order valence-corrected chi connectivity index (χ2v) is 9.99. The normalized spacial score (nSPS) is 14.2. The van der Waals surface area contributed by atoms with Gasteiger partial charge in [0, 0.05) is 18.7 Å². The molecular weight excluding hydrogens is 452 g/mol. The molecule has 1 fully saturated rings. The van der Waals surface area contributed by atoms with Crippen LogP contribution in [-0.4, -0.2) is 44.4 Å². The van der Waals surface area contributed by atoms with Crippen molar-refractivity contribution in [3.8, 4) is 11.4 Å². The van der Waals surface area contributed by atoms with Gasteiger partial charge in [-0.15, -0.1) is 10.2 Å². The van der Waals surface area contributed by atoms with E-state index in [1.807, 2.05) is 53.4 Å². The van der Waals surface area contributed by atoms with Gasteiger partial charge in [-0.2, -0.15) is 0 Å². The molecule has 35 heavy (non-hydrogen) atoms. The van der Waals surface area contributed by atoms with Crippen molar-refractivity contribution in [3.05, 3.63) is 102 Å². The fourth-order valence-electron chi connectivity index (χ4n) is 4.66. The van der Waals surface area contributed by atoms with E-state index in [0.717, 1.165) is 48.9 Å². The summed E-state index contributed by atoms with van der Waals surface area (Å²) in [6, 6.07) is 31.1. The monoisotopic (exact) mass is 482 g/mol. The molecule has 1 aliphatic rings. The Bertz CT molecular complexity index is 1220. The highest BCUT2D eigenvalue weighted by molar-refractivity contribution is 7.99. The van der Waals surface area contributed by atoms with E-state index < -0.39 is 0 Å². The predicted molar refractivity (Wildman–Crippen MR) is 141 cm³/mol. The molecule has 5 nitrogen and oxygen atoms in total. The van der Waals surface area contributed by atoms with Crippen molar-refractivity contribution in [3.63, 3.8) is 0 Å². The SMILES string of the molecule is O=C(CSc1nnc(-c2ccccc2)n1Cc1ccccc1)N1CCC(Cc2ccccc2)CC1. The topological polar surface area (TPSA) is 51.0 Å². The first kappa shape index (κ1) is 23.4. The van der Waals surface area contributed by atoms with Crippen LogP contribution in [0, 0.1) is 5.92 Å². The molecule has 2 heterocycles. The van der Waals surface area contributed by atoms with E-state index in [4.69, 9.17) is 0 Å². The highest BCUT2D eigenvalue weighted by Gasteiger charge is 2.24. The lowest BCUT2D eigenvalue weighted by Crippen LogP contribution is -2.39. The maximum absolute atomic E-state index is 13.0. The number of hydrogen-bond acceptors (Lipinski definition) is 4. The largest absolute Gasteiger partial charge is 0.342 e. The minimum Gasteiger partial charge on any atom is -0.342 e. The van der Waals surface area contributed by atoms with Crippen LogP contribution in [0.3, 0.4) is 0 Å². The van der Waals surface area contributed by atoms with Crippen LogP contribution < -0.4 is 0 Å². The predicted octanol–water partition coefficient (Wildman–Crippen LogP) is 5.57. The summed E-state index contributed by atoms with van der Waals surface area (Å²) in [7, 11) is 0. The molecule has 178 valence electrons. The molecule has 1 amide bonds. The highest BCUT2D eigenvalue weighted by Crippen LogP contribution is 2.27. The Kier molecular flexibility index (Phi) is 7.59. The molecule has 0 atom stereocenters. The van der Waals surface area contributed by atoms with Crippen molar-refractivity contribution >= 4 is 17.7 Å². The summed E-state index contributed by atoms with van der Waals surface area (Å²) in [5.74, 6) is 2.04. The van der Waals surface area contributed by atoms with Crippen LogP contribution in [-0.2, 0) is 17.8 Å². The van der Waals surface area contributed by atoms with Gasteiger partial charge >= 0.3 is 0 Å². The van der Waals surface area contributed by atoms with E-state index in [0.29, 0.717) is 18.2 Å². The zero-order chi connectivity index (χ0) is 23.9. The van der Waals surface area contributed by atoms with Crippen LogP contribution in [0.5, 0.6) is 0 Å². The van der Waals surface area contributed by atoms with Gasteiger partial charge in [-0.05, 0) is 36.3 Å².